The molecule has 0 aliphatic carbocycles. The van der Waals surface area contributed by atoms with Gasteiger partial charge < -0.3 is 72.9 Å². The first-order chi connectivity index (χ1) is 83.1. The molecule has 0 spiro atoms. The molecule has 20 heteroatoms. The lowest BCUT2D eigenvalue weighted by Gasteiger charge is -2.46. The van der Waals surface area contributed by atoms with Crippen LogP contribution in [0, 0.1) is 59.0 Å². The monoisotopic (exact) mass is 1670 g/mol. The molecule has 20 nitrogen and oxygen atoms in total. The minimum Gasteiger partial charge on any atom is -0.493 e. The second kappa shape index (κ2) is 40.6. The van der Waals surface area contributed by atoms with Gasteiger partial charge in [0.1, 0.15) is 0 Å². The van der Waals surface area contributed by atoms with E-state index in [2.05, 4.69) is 0 Å². The number of aliphatic hydroxyl groups is 5. The van der Waals surface area contributed by atoms with Gasteiger partial charge >= 0.3 is 0 Å². The molecule has 5 fully saturated rings. The normalized spacial score (nSPS) is 54.6. The van der Waals surface area contributed by atoms with Gasteiger partial charge in [0.2, 0.25) is 0 Å². The molecule has 0 amide bonds. The van der Waals surface area contributed by atoms with Crippen LogP contribution in [0.25, 0.3) is 0 Å². The third-order valence-corrected chi connectivity index (χ3v) is 17.7. The highest BCUT2D eigenvalue weighted by molar-refractivity contribution is 5.54. The molecule has 640 valence electrons. The van der Waals surface area contributed by atoms with Crippen LogP contribution in [0.5, 0.6) is 57.5 Å². The van der Waals surface area contributed by atoms with Crippen molar-refractivity contribution in [1.82, 2.24) is 24.5 Å². The predicted octanol–water partition coefficient (Wildman–Crippen LogP) is 15.1. The van der Waals surface area contributed by atoms with Crippen molar-refractivity contribution in [2.75, 3.05) is 136 Å². The van der Waals surface area contributed by atoms with Gasteiger partial charge in [0.25, 0.3) is 0 Å². The summed E-state index contributed by atoms with van der Waals surface area (Å²) in [6.07, 6.45) is -61.8. The summed E-state index contributed by atoms with van der Waals surface area (Å²) in [6.45, 7) is -19.3. The average Bonchev–Trinajstić information content (AvgIpc) is 0.616. The summed E-state index contributed by atoms with van der Waals surface area (Å²) in [5.74, 6) is -28.9. The van der Waals surface area contributed by atoms with Gasteiger partial charge in [-0.3, -0.25) is 24.5 Å². The van der Waals surface area contributed by atoms with E-state index in [1.807, 2.05) is 0 Å². The van der Waals surface area contributed by atoms with Crippen molar-refractivity contribution in [1.29, 1.82) is 0 Å². The number of hydrogen-bond acceptors (Lipinski definition) is 20. The van der Waals surface area contributed by atoms with E-state index >= 15 is 0 Å². The highest BCUT2D eigenvalue weighted by Gasteiger charge is 2.45. The summed E-state index contributed by atoms with van der Waals surface area (Å²) in [6, 6.07) is -26.0. The Labute approximate surface area is 792 Å². The summed E-state index contributed by atoms with van der Waals surface area (Å²) in [7, 11) is 1.91. The zero-order valence-electron chi connectivity index (χ0n) is 139. The molecule has 5 N–H and O–H groups in total. The number of hydrogen-bond donors (Lipinski definition) is 5. The molecular weight excluding hydrogens is 1450 g/mol. The molecule has 5 saturated heterocycles. The van der Waals surface area contributed by atoms with Crippen LogP contribution in [-0.2, 0) is 31.9 Å². The minimum atomic E-state index is -4.26. The molecule has 0 radical (unpaired) electrons. The van der Waals surface area contributed by atoms with Crippen LogP contribution >= 0.6 is 0 Å². The van der Waals surface area contributed by atoms with E-state index in [0.717, 1.165) is 56.9 Å². The van der Waals surface area contributed by atoms with Gasteiger partial charge in [-0.25, -0.2) is 0 Å². The van der Waals surface area contributed by atoms with Crippen LogP contribution in [0.4, 0.5) is 0 Å². The van der Waals surface area contributed by atoms with Crippen LogP contribution in [0.15, 0.2) is 60.4 Å². The summed E-state index contributed by atoms with van der Waals surface area (Å²) in [5.41, 5.74) is -9.66. The van der Waals surface area contributed by atoms with Gasteiger partial charge in [0.15, 0.2) is 57.5 Å². The number of ether oxygens (including phenoxy) is 10. The van der Waals surface area contributed by atoms with Gasteiger partial charge in [-0.15, -0.1) is 0 Å². The molecule has 5 aromatic carbocycles. The number of piperidine rings is 5. The fourth-order valence-electron chi connectivity index (χ4n) is 12.6. The zero-order valence-corrected chi connectivity index (χ0v) is 65.9. The standard InChI is InChI=1S/5C19H29NO3/c5*1-12(2)7-14-11-20-6-5-13-8-18(22-3)19(23-4)9-15(13)16(20)10-17(14)21/h5*8-9,12,14,16-17,21H,5-7,10-11H2,1-4H3/i1D3,4D3,5D2,6D2,7D2,8D,9D,10D2,12D,14D,16D,17D;1D3,5D2,6D2,7D2,8D,9D,10D2,12D,14D,16D,17D;4D3,5D2,6D2,8D,9D,10D2,14D,16D,17D;2*5D2,6D2,8D,9D,10D2,14D,16D,17D. The van der Waals surface area contributed by atoms with Crippen molar-refractivity contribution in [2.24, 2.45) is 59.0 Å². The van der Waals surface area contributed by atoms with Crippen LogP contribution in [0.1, 0.15) is 319 Å². The Balaban J connectivity index is 0.000000218. The van der Waals surface area contributed by atoms with Gasteiger partial charge in [-0.1, -0.05) is 69.1 Å². The summed E-state index contributed by atoms with van der Waals surface area (Å²) in [4.78, 5) is 1.20. The largest absolute Gasteiger partial charge is 0.493 e. The minimum absolute atomic E-state index is 0.00909. The van der Waals surface area contributed by atoms with Gasteiger partial charge in [0.05, 0.1) is 137 Å². The quantitative estimate of drug-likeness (QED) is 0.0491. The maximum Gasteiger partial charge on any atom is 0.161 e. The van der Waals surface area contributed by atoms with Crippen molar-refractivity contribution in [3.8, 4) is 57.5 Å². The first kappa shape index (κ1) is 34.3. The van der Waals surface area contributed by atoms with Crippen LogP contribution in [0.3, 0.4) is 0 Å². The van der Waals surface area contributed by atoms with Crippen molar-refractivity contribution in [3.63, 3.8) is 0 Å². The Morgan fingerprint density at radius 3 is 0.722 bits per heavy atom. The Morgan fingerprint density at radius 2 is 0.530 bits per heavy atom. The van der Waals surface area contributed by atoms with Crippen molar-refractivity contribution >= 4 is 0 Å². The maximum absolute atomic E-state index is 11.4. The summed E-state index contributed by atoms with van der Waals surface area (Å²) in [5, 5.41) is 56.3. The number of methoxy groups -OCH3 is 10. The fraction of sp³-hybridized carbons (Fsp3) is 0.684. The SMILES string of the molecule is [2H]c1c(OC)c(OC([2H])([2H])[2H])c([2H])c2c1C([2H])([2H])C([2H])([2H])N1CC([2H])(C([2H])([2H])C([2H])(C)C([2H])([2H])[2H])C([2H])(O)C([2H])([2H])C21[2H].[2H]c1c(OC)c(OC([2H])([2H])[2H])c([2H])c2c1C([2H])([2H])C([2H])([2H])N1CC([2H])(CC(C)C)C([2H])(O)C([2H])([2H])C21[2H].[2H]c1c(OC)c(OC)c([2H])c2c1C([2H])([2H])C([2H])([2H])N1CC([2H])(C([2H])([2H])C([2H])(C)C([2H])([2H])[2H])C([2H])(O)C([2H])([2H])C21[2H].[2H]c1c(OC)c(OC)c([2H])c2c1C([2H])([2H])C([2H])([2H])N1CC([2H])(CC(C)C)C([2H])(O)C([2H])([2H])C21[2H].[2H]c1c(OC)c(OC)c([2H])c2c1C([2H])([2H])C([2H])([2H])N1CC([2H])(CC(C)C)C([2H])(O)C([2H])([2H])C21[2H]. The molecule has 15 rings (SSSR count). The van der Waals surface area contributed by atoms with E-state index < -0.39 is 451 Å². The molecule has 0 saturated carbocycles. The fourth-order valence-corrected chi connectivity index (χ4v) is 12.6. The lowest BCUT2D eigenvalue weighted by molar-refractivity contribution is -0.0192. The smallest absolute Gasteiger partial charge is 0.161 e. The highest BCUT2D eigenvalue weighted by Crippen LogP contribution is 2.50. The third-order valence-electron chi connectivity index (χ3n) is 17.7. The predicted molar refractivity (Wildman–Crippen MR) is 456 cm³/mol. The summed E-state index contributed by atoms with van der Waals surface area (Å²) >= 11 is 0. The first-order valence-electron chi connectivity index (χ1n) is 72.2. The number of fused-ring (bicyclic) bond motifs is 15. The van der Waals surface area contributed by atoms with Crippen LogP contribution < -0.4 is 47.4 Å². The zero-order chi connectivity index (χ0) is 148. The van der Waals surface area contributed by atoms with Gasteiger partial charge in [0, 0.05) is 160 Å². The van der Waals surface area contributed by atoms with Crippen molar-refractivity contribution < 1.29 is 173 Å². The molecule has 10 aliphatic rings. The third kappa shape index (κ3) is 21.1. The number of rotatable bonds is 20. The van der Waals surface area contributed by atoms with Gasteiger partial charge in [-0.05, 0) is 271 Å². The summed E-state index contributed by atoms with van der Waals surface area (Å²) < 4.78 is 672. The number of nitrogens with zero attached hydrogens (tertiary/aromatic N) is 5. The topological polar surface area (TPSA) is 210 Å². The maximum atomic E-state index is 11.4. The molecule has 10 heterocycles. The molecule has 115 heavy (non-hydrogen) atoms. The van der Waals surface area contributed by atoms with E-state index in [1.54, 1.807) is 41.5 Å². The van der Waals surface area contributed by atoms with E-state index in [-0.39, 0.29) is 40.9 Å². The van der Waals surface area contributed by atoms with Crippen molar-refractivity contribution in [3.05, 3.63) is 116 Å². The molecule has 10 aliphatic heterocycles. The lowest BCUT2D eigenvalue weighted by atomic mass is 9.79. The molecule has 0 aromatic heterocycles. The van der Waals surface area contributed by atoms with E-state index in [4.69, 9.17) is 141 Å². The Hall–Kier alpha value is -6.30. The molecule has 17 atom stereocenters. The van der Waals surface area contributed by atoms with E-state index in [0.29, 0.717) is 28.5 Å². The highest BCUT2D eigenvalue weighted by atomic mass is 16.5. The van der Waals surface area contributed by atoms with Crippen molar-refractivity contribution in [2.45, 2.75) is 225 Å². The Morgan fingerprint density at radius 1 is 0.339 bits per heavy atom. The average molecular weight is 1670 g/mol. The Bertz CT molecular complexity index is 7560. The second-order valence-electron chi connectivity index (χ2n) is 27.4. The van der Waals surface area contributed by atoms with E-state index in [1.165, 1.54) is 0 Å². The lowest BCUT2D eigenvalue weighted by Crippen LogP contribution is -2.48. The molecule has 17 unspecified atom stereocenters. The van der Waals surface area contributed by atoms with Crippen LogP contribution in [0.2, 0.25) is 0 Å². The van der Waals surface area contributed by atoms with E-state index in [9.17, 15) is 32.4 Å². The molecule has 5 aromatic rings. The molecular formula is C95H145N5O15. The second-order valence-corrected chi connectivity index (χ2v) is 27.4. The number of benzene rings is 5. The Kier molecular flexibility index (Phi) is 12.1. The molecule has 0 bridgehead atoms. The first-order valence-corrected chi connectivity index (χ1v) is 35.7. The van der Waals surface area contributed by atoms with Gasteiger partial charge in [-0.2, -0.15) is 0 Å². The van der Waals surface area contributed by atoms with Crippen LogP contribution in [-0.4, -0.2) is 217 Å².